The molecule has 4 aromatic rings. The molecule has 0 amide bonds. The van der Waals surface area contributed by atoms with Crippen LogP contribution < -0.4 is 4.74 Å². The molecule has 1 aromatic carbocycles. The van der Waals surface area contributed by atoms with Gasteiger partial charge in [-0.25, -0.2) is 9.97 Å². The van der Waals surface area contributed by atoms with E-state index in [1.807, 2.05) is 20.8 Å². The zero-order chi connectivity index (χ0) is 21.7. The first kappa shape index (κ1) is 23.3. The number of hydrogen-bond acceptors (Lipinski definition) is 5. The van der Waals surface area contributed by atoms with Crippen LogP contribution in [0, 0.1) is 0 Å². The molecule has 0 saturated carbocycles. The normalized spacial score (nSPS) is 12.1. The molecule has 0 spiro atoms. The van der Waals surface area contributed by atoms with Crippen molar-refractivity contribution in [2.24, 2.45) is 0 Å². The van der Waals surface area contributed by atoms with Crippen LogP contribution in [0.4, 0.5) is 13.2 Å². The number of fused-ring (bicyclic) bond motifs is 1. The van der Waals surface area contributed by atoms with E-state index >= 15 is 0 Å². The first-order valence-electron chi connectivity index (χ1n) is 9.17. The van der Waals surface area contributed by atoms with Crippen LogP contribution in [0.1, 0.15) is 32.0 Å². The summed E-state index contributed by atoms with van der Waals surface area (Å²) in [7, 11) is 1.40. The van der Waals surface area contributed by atoms with Gasteiger partial charge in [0.25, 0.3) is 0 Å². The second-order valence-corrected chi connectivity index (χ2v) is 7.87. The summed E-state index contributed by atoms with van der Waals surface area (Å²) in [6.45, 7) is 6.01. The molecule has 0 bridgehead atoms. The Hall–Kier alpha value is -2.36. The molecule has 0 aliphatic rings. The van der Waals surface area contributed by atoms with Gasteiger partial charge in [0, 0.05) is 17.0 Å². The van der Waals surface area contributed by atoms with E-state index in [0.29, 0.717) is 22.6 Å². The molecule has 0 saturated heterocycles. The summed E-state index contributed by atoms with van der Waals surface area (Å²) in [6.07, 6.45) is -4.51. The van der Waals surface area contributed by atoms with Crippen molar-refractivity contribution in [2.75, 3.05) is 7.11 Å². The molecule has 1 N–H and O–H groups in total. The third-order valence-electron chi connectivity index (χ3n) is 4.65. The fraction of sp³-hybridized carbons (Fsp3) is 0.286. The predicted octanol–water partition coefficient (Wildman–Crippen LogP) is 4.96. The summed E-state index contributed by atoms with van der Waals surface area (Å²) in [5, 5.41) is 4.07. The van der Waals surface area contributed by atoms with Gasteiger partial charge in [0.2, 0.25) is 11.6 Å². The maximum absolute atomic E-state index is 13.5. The molecule has 10 heteroatoms. The van der Waals surface area contributed by atoms with Crippen molar-refractivity contribution in [3.8, 4) is 28.7 Å². The Morgan fingerprint density at radius 3 is 2.35 bits per heavy atom. The van der Waals surface area contributed by atoms with Crippen molar-refractivity contribution >= 4 is 40.6 Å². The Morgan fingerprint density at radius 1 is 1.03 bits per heavy atom. The van der Waals surface area contributed by atoms with Crippen LogP contribution in [-0.4, -0.2) is 56.8 Å². The number of methoxy groups -OCH3 is 1. The number of pyridine rings is 1. The number of ether oxygens (including phenoxy) is 1. The Labute approximate surface area is 198 Å². The first-order valence-corrected chi connectivity index (χ1v) is 9.17. The standard InChI is InChI=1S/C21H19F3N4O2.Na.H/c1-20(2,3)16-10-15(30-28-16)18-25-14-9-13(26-19(29-4)17(14)27-18)11-7-5-6-8-12(11)21(22,23)24;;/h5-10H,1-4H3,(H,25,27);;. The first-order chi connectivity index (χ1) is 14.1. The quantitative estimate of drug-likeness (QED) is 0.456. The number of rotatable bonds is 3. The number of halogens is 3. The predicted molar refractivity (Wildman–Crippen MR) is 112 cm³/mol. The number of H-pyrrole nitrogens is 1. The van der Waals surface area contributed by atoms with E-state index in [2.05, 4.69) is 20.1 Å². The van der Waals surface area contributed by atoms with Gasteiger partial charge in [0.05, 0.1) is 29.6 Å². The SMILES string of the molecule is COc1nc(-c2ccccc2C(F)(F)F)cc2nc(-c3cc(C(C)(C)C)no3)[nH]c12.[NaH]. The Bertz CT molecular complexity index is 1230. The van der Waals surface area contributed by atoms with Crippen LogP contribution in [-0.2, 0) is 11.6 Å². The number of aromatic amines is 1. The molecule has 0 unspecified atom stereocenters. The molecule has 4 rings (SSSR count). The molecule has 3 heterocycles. The topological polar surface area (TPSA) is 76.8 Å². The molecule has 0 aliphatic carbocycles. The van der Waals surface area contributed by atoms with Crippen LogP contribution in [0.5, 0.6) is 5.88 Å². The average molecular weight is 440 g/mol. The van der Waals surface area contributed by atoms with E-state index < -0.39 is 11.7 Å². The van der Waals surface area contributed by atoms with Crippen molar-refractivity contribution in [1.82, 2.24) is 20.1 Å². The maximum atomic E-state index is 13.5. The van der Waals surface area contributed by atoms with Gasteiger partial charge in [0.1, 0.15) is 5.52 Å². The van der Waals surface area contributed by atoms with E-state index in [1.54, 1.807) is 6.07 Å². The Balaban J connectivity index is 0.00000272. The van der Waals surface area contributed by atoms with Crippen LogP contribution in [0.25, 0.3) is 33.9 Å². The third-order valence-corrected chi connectivity index (χ3v) is 4.65. The van der Waals surface area contributed by atoms with Gasteiger partial charge in [-0.05, 0) is 12.1 Å². The van der Waals surface area contributed by atoms with Gasteiger partial charge < -0.3 is 14.2 Å². The molecule has 3 aromatic heterocycles. The molecule has 31 heavy (non-hydrogen) atoms. The van der Waals surface area contributed by atoms with Crippen LogP contribution >= 0.6 is 0 Å². The molecular formula is C21H20F3N4NaO2. The van der Waals surface area contributed by atoms with Gasteiger partial charge in [-0.15, -0.1) is 0 Å². The van der Waals surface area contributed by atoms with E-state index in [0.717, 1.165) is 11.8 Å². The van der Waals surface area contributed by atoms with Gasteiger partial charge in [-0.2, -0.15) is 13.2 Å². The number of aromatic nitrogens is 4. The minimum atomic E-state index is -4.51. The van der Waals surface area contributed by atoms with Crippen LogP contribution in [0.15, 0.2) is 40.9 Å². The molecule has 0 radical (unpaired) electrons. The molecule has 0 aliphatic heterocycles. The zero-order valence-electron chi connectivity index (χ0n) is 16.8. The number of alkyl halides is 3. The van der Waals surface area contributed by atoms with Crippen molar-refractivity contribution < 1.29 is 22.4 Å². The van der Waals surface area contributed by atoms with Crippen molar-refractivity contribution in [3.05, 3.63) is 47.7 Å². The molecular weight excluding hydrogens is 420 g/mol. The summed E-state index contributed by atoms with van der Waals surface area (Å²) in [4.78, 5) is 11.8. The van der Waals surface area contributed by atoms with E-state index in [9.17, 15) is 13.2 Å². The molecule has 158 valence electrons. The number of nitrogens with one attached hydrogen (secondary N) is 1. The second kappa shape index (κ2) is 8.29. The fourth-order valence-electron chi connectivity index (χ4n) is 3.08. The molecule has 6 nitrogen and oxygen atoms in total. The second-order valence-electron chi connectivity index (χ2n) is 7.87. The van der Waals surface area contributed by atoms with Crippen molar-refractivity contribution in [3.63, 3.8) is 0 Å². The number of nitrogens with zero attached hydrogens (tertiary/aromatic N) is 3. The van der Waals surface area contributed by atoms with Crippen molar-refractivity contribution in [1.29, 1.82) is 0 Å². The summed E-state index contributed by atoms with van der Waals surface area (Å²) in [5.41, 5.74) is 0.679. The summed E-state index contributed by atoms with van der Waals surface area (Å²) in [6, 6.07) is 8.52. The van der Waals surface area contributed by atoms with Gasteiger partial charge in [-0.3, -0.25) is 0 Å². The Morgan fingerprint density at radius 2 is 1.74 bits per heavy atom. The van der Waals surface area contributed by atoms with Crippen LogP contribution in [0.3, 0.4) is 0 Å². The molecule has 0 atom stereocenters. The number of imidazole rings is 1. The van der Waals surface area contributed by atoms with Gasteiger partial charge in [-0.1, -0.05) is 44.1 Å². The summed E-state index contributed by atoms with van der Waals surface area (Å²) in [5.74, 6) is 0.929. The molecule has 0 fully saturated rings. The third kappa shape index (κ3) is 4.49. The van der Waals surface area contributed by atoms with E-state index in [-0.39, 0.29) is 52.1 Å². The number of hydrogen-bond donors (Lipinski definition) is 1. The Kier molecular flexibility index (Phi) is 6.23. The van der Waals surface area contributed by atoms with Gasteiger partial charge >= 0.3 is 35.7 Å². The number of benzene rings is 1. The average Bonchev–Trinajstić information content (AvgIpc) is 3.33. The zero-order valence-corrected chi connectivity index (χ0v) is 16.8. The van der Waals surface area contributed by atoms with E-state index in [1.165, 1.54) is 31.4 Å². The van der Waals surface area contributed by atoms with Crippen LogP contribution in [0.2, 0.25) is 0 Å². The minimum absolute atomic E-state index is 0. The fourth-order valence-corrected chi connectivity index (χ4v) is 3.08. The van der Waals surface area contributed by atoms with Crippen molar-refractivity contribution in [2.45, 2.75) is 32.4 Å². The summed E-state index contributed by atoms with van der Waals surface area (Å²) < 4.78 is 51.1. The summed E-state index contributed by atoms with van der Waals surface area (Å²) >= 11 is 0. The monoisotopic (exact) mass is 440 g/mol. The van der Waals surface area contributed by atoms with E-state index in [4.69, 9.17) is 9.26 Å². The van der Waals surface area contributed by atoms with Gasteiger partial charge in [0.15, 0.2) is 5.82 Å².